The molecule has 0 radical (unpaired) electrons. The van der Waals surface area contributed by atoms with Crippen LogP contribution in [-0.2, 0) is 11.3 Å². The van der Waals surface area contributed by atoms with E-state index in [-0.39, 0.29) is 12.1 Å². The van der Waals surface area contributed by atoms with E-state index in [1.54, 1.807) is 7.11 Å². The van der Waals surface area contributed by atoms with E-state index in [2.05, 4.69) is 49.6 Å². The molecule has 9 heteroatoms. The minimum Gasteiger partial charge on any atom is -0.495 e. The lowest BCUT2D eigenvalue weighted by molar-refractivity contribution is 0.0906. The summed E-state index contributed by atoms with van der Waals surface area (Å²) in [7, 11) is 1.72. The quantitative estimate of drug-likeness (QED) is 0.526. The summed E-state index contributed by atoms with van der Waals surface area (Å²) >= 11 is 6.19. The van der Waals surface area contributed by atoms with Crippen LogP contribution in [0.5, 0.6) is 5.75 Å². The lowest BCUT2D eigenvalue weighted by Gasteiger charge is -2.40. The van der Waals surface area contributed by atoms with Crippen molar-refractivity contribution < 1.29 is 9.47 Å². The van der Waals surface area contributed by atoms with Crippen LogP contribution in [0.25, 0.3) is 0 Å². The van der Waals surface area contributed by atoms with Crippen molar-refractivity contribution >= 4 is 17.3 Å². The average molecular weight is 469 g/mol. The first-order chi connectivity index (χ1) is 16.2. The van der Waals surface area contributed by atoms with Gasteiger partial charge in [0.15, 0.2) is 5.82 Å². The molecule has 2 aliphatic rings. The van der Waals surface area contributed by atoms with Gasteiger partial charge in [0, 0.05) is 37.8 Å². The van der Waals surface area contributed by atoms with Crippen LogP contribution in [0.3, 0.4) is 0 Å². The normalized spacial score (nSPS) is 20.2. The number of para-hydroxylation sites is 2. The zero-order valence-corrected chi connectivity index (χ0v) is 19.6. The van der Waals surface area contributed by atoms with Crippen LogP contribution < -0.4 is 9.64 Å². The fourth-order valence-electron chi connectivity index (χ4n) is 4.80. The monoisotopic (exact) mass is 468 g/mol. The summed E-state index contributed by atoms with van der Waals surface area (Å²) < 4.78 is 13.3. The molecule has 2 saturated heterocycles. The number of aromatic nitrogens is 4. The zero-order valence-electron chi connectivity index (χ0n) is 18.8. The minimum atomic E-state index is -0.0570. The second-order valence-corrected chi connectivity index (χ2v) is 8.94. The number of ether oxygens (including phenoxy) is 2. The van der Waals surface area contributed by atoms with Crippen LogP contribution >= 0.6 is 11.6 Å². The largest absolute Gasteiger partial charge is 0.495 e. The number of anilines is 1. The Balaban J connectivity index is 1.40. The number of piperazine rings is 1. The molecule has 0 bridgehead atoms. The van der Waals surface area contributed by atoms with Crippen molar-refractivity contribution in [2.24, 2.45) is 0 Å². The molecule has 0 amide bonds. The second-order valence-electron chi connectivity index (χ2n) is 8.50. The molecule has 2 aromatic carbocycles. The maximum Gasteiger partial charge on any atom is 0.173 e. The minimum absolute atomic E-state index is 0.0570. The van der Waals surface area contributed by atoms with Gasteiger partial charge >= 0.3 is 0 Å². The van der Waals surface area contributed by atoms with Crippen molar-refractivity contribution in [1.82, 2.24) is 25.1 Å². The first-order valence-electron chi connectivity index (χ1n) is 11.5. The van der Waals surface area contributed by atoms with Gasteiger partial charge in [-0.2, -0.15) is 0 Å². The molecule has 8 nitrogen and oxygen atoms in total. The second kappa shape index (κ2) is 10.1. The maximum absolute atomic E-state index is 6.19. The fraction of sp³-hybridized carbons (Fsp3) is 0.458. The van der Waals surface area contributed by atoms with E-state index >= 15 is 0 Å². The lowest BCUT2D eigenvalue weighted by atomic mass is 10.0. The molecule has 0 N–H and O–H groups in total. The first kappa shape index (κ1) is 22.1. The van der Waals surface area contributed by atoms with Gasteiger partial charge in [-0.05, 0) is 53.1 Å². The maximum atomic E-state index is 6.19. The van der Waals surface area contributed by atoms with Gasteiger partial charge in [0.1, 0.15) is 5.75 Å². The predicted octanol–water partition coefficient (Wildman–Crippen LogP) is 3.43. The van der Waals surface area contributed by atoms with Crippen molar-refractivity contribution in [1.29, 1.82) is 0 Å². The highest BCUT2D eigenvalue weighted by molar-refractivity contribution is 6.30. The van der Waals surface area contributed by atoms with Gasteiger partial charge < -0.3 is 14.4 Å². The zero-order chi connectivity index (χ0) is 22.6. The highest BCUT2D eigenvalue weighted by atomic mass is 35.5. The summed E-state index contributed by atoms with van der Waals surface area (Å²) in [6, 6.07) is 16.1. The smallest absolute Gasteiger partial charge is 0.173 e. The van der Waals surface area contributed by atoms with E-state index in [4.69, 9.17) is 21.1 Å². The first-order valence-corrected chi connectivity index (χ1v) is 11.9. The molecule has 2 atom stereocenters. The Labute approximate surface area is 199 Å². The van der Waals surface area contributed by atoms with E-state index in [1.165, 1.54) is 0 Å². The number of hydrogen-bond acceptors (Lipinski definition) is 7. The molecule has 2 fully saturated rings. The summed E-state index contributed by atoms with van der Waals surface area (Å²) in [5, 5.41) is 13.6. The third kappa shape index (κ3) is 4.83. The summed E-state index contributed by atoms with van der Waals surface area (Å²) in [5.74, 6) is 1.75. The molecule has 3 aromatic rings. The van der Waals surface area contributed by atoms with Gasteiger partial charge in [-0.15, -0.1) is 5.10 Å². The van der Waals surface area contributed by atoms with Gasteiger partial charge in [0.05, 0.1) is 31.5 Å². The van der Waals surface area contributed by atoms with Crippen LogP contribution in [0.4, 0.5) is 5.69 Å². The Kier molecular flexibility index (Phi) is 6.75. The number of hydrogen-bond donors (Lipinski definition) is 0. The third-order valence-corrected chi connectivity index (χ3v) is 6.75. The van der Waals surface area contributed by atoms with Crippen molar-refractivity contribution in [2.45, 2.75) is 31.5 Å². The topological polar surface area (TPSA) is 68.5 Å². The van der Waals surface area contributed by atoms with Crippen LogP contribution in [0.2, 0.25) is 5.02 Å². The molecular formula is C24H29ClN6O2. The number of benzene rings is 2. The molecule has 33 heavy (non-hydrogen) atoms. The Hall–Kier alpha value is -2.68. The van der Waals surface area contributed by atoms with Gasteiger partial charge in [-0.1, -0.05) is 35.9 Å². The van der Waals surface area contributed by atoms with E-state index in [0.717, 1.165) is 73.5 Å². The Bertz CT molecular complexity index is 1050. The van der Waals surface area contributed by atoms with Crippen LogP contribution in [0.1, 0.15) is 30.3 Å². The molecule has 0 spiro atoms. The fourth-order valence-corrected chi connectivity index (χ4v) is 4.92. The summed E-state index contributed by atoms with van der Waals surface area (Å²) in [5.41, 5.74) is 2.26. The Morgan fingerprint density at radius 1 is 1.09 bits per heavy atom. The Morgan fingerprint density at radius 2 is 1.88 bits per heavy atom. The van der Waals surface area contributed by atoms with Gasteiger partial charge in [0.2, 0.25) is 0 Å². The number of methoxy groups -OCH3 is 1. The molecule has 0 saturated carbocycles. The van der Waals surface area contributed by atoms with Crippen LogP contribution in [0, 0.1) is 0 Å². The average Bonchev–Trinajstić information content (AvgIpc) is 3.54. The molecule has 0 unspecified atom stereocenters. The summed E-state index contributed by atoms with van der Waals surface area (Å²) in [6.45, 7) is 5.01. The molecule has 1 aromatic heterocycles. The highest BCUT2D eigenvalue weighted by Gasteiger charge is 2.32. The number of nitrogens with zero attached hydrogens (tertiary/aromatic N) is 6. The van der Waals surface area contributed by atoms with Crippen molar-refractivity contribution in [3.05, 3.63) is 64.9 Å². The summed E-state index contributed by atoms with van der Waals surface area (Å²) in [6.07, 6.45) is 2.30. The SMILES string of the molecule is COc1ccccc1N1CCN([C@H](c2ccc(Cl)cc2)c2nnnn2C[C@@H]2CCCO2)CC1. The van der Waals surface area contributed by atoms with Gasteiger partial charge in [-0.25, -0.2) is 4.68 Å². The highest BCUT2D eigenvalue weighted by Crippen LogP contribution is 2.33. The molecule has 3 heterocycles. The van der Waals surface area contributed by atoms with Crippen molar-refractivity contribution in [2.75, 3.05) is 44.8 Å². The standard InChI is InChI=1S/C24H29ClN6O2/c1-32-22-7-3-2-6-21(22)29-12-14-30(15-13-29)23(18-8-10-19(25)11-9-18)24-26-27-28-31(24)17-20-5-4-16-33-20/h2-3,6-11,20,23H,4-5,12-17H2,1H3/t20-,23+/m0/s1. The Morgan fingerprint density at radius 3 is 2.61 bits per heavy atom. The molecule has 0 aliphatic carbocycles. The number of rotatable bonds is 7. The van der Waals surface area contributed by atoms with Crippen molar-refractivity contribution in [3.8, 4) is 5.75 Å². The van der Waals surface area contributed by atoms with Crippen LogP contribution in [-0.4, -0.2) is 71.1 Å². The molecule has 2 aliphatic heterocycles. The third-order valence-electron chi connectivity index (χ3n) is 6.50. The van der Waals surface area contributed by atoms with Crippen LogP contribution in [0.15, 0.2) is 48.5 Å². The number of tetrazole rings is 1. The predicted molar refractivity (Wildman–Crippen MR) is 127 cm³/mol. The van der Waals surface area contributed by atoms with Gasteiger partial charge in [0.25, 0.3) is 0 Å². The summed E-state index contributed by atoms with van der Waals surface area (Å²) in [4.78, 5) is 4.83. The van der Waals surface area contributed by atoms with Gasteiger partial charge in [-0.3, -0.25) is 4.90 Å². The lowest BCUT2D eigenvalue weighted by Crippen LogP contribution is -2.48. The van der Waals surface area contributed by atoms with Crippen molar-refractivity contribution in [3.63, 3.8) is 0 Å². The van der Waals surface area contributed by atoms with E-state index in [0.29, 0.717) is 6.54 Å². The molecule has 174 valence electrons. The van der Waals surface area contributed by atoms with E-state index in [9.17, 15) is 0 Å². The number of halogens is 1. The van der Waals surface area contributed by atoms with E-state index in [1.807, 2.05) is 28.9 Å². The van der Waals surface area contributed by atoms with E-state index < -0.39 is 0 Å². The molecule has 5 rings (SSSR count). The molecular weight excluding hydrogens is 440 g/mol.